The molecule has 8 nitrogen and oxygen atoms in total. The van der Waals surface area contributed by atoms with Crippen LogP contribution in [0.2, 0.25) is 0 Å². The van der Waals surface area contributed by atoms with Crippen molar-refractivity contribution in [1.82, 2.24) is 0 Å². The van der Waals surface area contributed by atoms with Crippen LogP contribution in [0.4, 0.5) is 0 Å². The number of carbonyl (C=O) groups is 2. The van der Waals surface area contributed by atoms with E-state index in [0.717, 1.165) is 19.3 Å². The Bertz CT molecular complexity index is 566. The van der Waals surface area contributed by atoms with E-state index in [0.29, 0.717) is 18.3 Å². The number of carboxylic acid groups (broad SMARTS) is 1. The zero-order chi connectivity index (χ0) is 19.8. The van der Waals surface area contributed by atoms with Gasteiger partial charge in [0.05, 0.1) is 12.8 Å². The molecule has 1 unspecified atom stereocenters. The molecule has 3 aliphatic rings. The van der Waals surface area contributed by atoms with E-state index in [-0.39, 0.29) is 30.6 Å². The number of ether oxygens (including phenoxy) is 3. The molecule has 0 amide bonds. The number of hydrogen-bond acceptors (Lipinski definition) is 7. The zero-order valence-corrected chi connectivity index (χ0v) is 16.1. The van der Waals surface area contributed by atoms with Gasteiger partial charge in [-0.05, 0) is 37.5 Å². The third-order valence-electron chi connectivity index (χ3n) is 6.64. The molecule has 0 aromatic carbocycles. The van der Waals surface area contributed by atoms with Gasteiger partial charge in [0, 0.05) is 18.3 Å². The summed E-state index contributed by atoms with van der Waals surface area (Å²) in [5.74, 6) is -1.50. The van der Waals surface area contributed by atoms with Crippen LogP contribution in [0.25, 0.3) is 0 Å². The van der Waals surface area contributed by atoms with E-state index < -0.39 is 30.3 Å². The Morgan fingerprint density at radius 3 is 2.56 bits per heavy atom. The fourth-order valence-corrected chi connectivity index (χ4v) is 5.04. The van der Waals surface area contributed by atoms with Crippen LogP contribution in [-0.4, -0.2) is 40.7 Å². The maximum Gasteiger partial charge on any atom is 0.308 e. The van der Waals surface area contributed by atoms with E-state index in [2.05, 4.69) is 11.8 Å². The normalized spacial score (nSPS) is 44.1. The fourth-order valence-electron chi connectivity index (χ4n) is 5.04. The first kappa shape index (κ1) is 20.5. The Morgan fingerprint density at radius 2 is 1.89 bits per heavy atom. The third kappa shape index (κ3) is 4.29. The van der Waals surface area contributed by atoms with Gasteiger partial charge in [-0.1, -0.05) is 20.3 Å². The summed E-state index contributed by atoms with van der Waals surface area (Å²) in [6.45, 7) is 5.93. The van der Waals surface area contributed by atoms with Gasteiger partial charge in [0.15, 0.2) is 6.29 Å². The molecule has 27 heavy (non-hydrogen) atoms. The van der Waals surface area contributed by atoms with E-state index in [4.69, 9.17) is 19.3 Å². The van der Waals surface area contributed by atoms with Crippen molar-refractivity contribution in [2.75, 3.05) is 0 Å². The summed E-state index contributed by atoms with van der Waals surface area (Å²) in [6.07, 6.45) is 1.59. The molecule has 0 aromatic rings. The van der Waals surface area contributed by atoms with Crippen LogP contribution < -0.4 is 0 Å². The summed E-state index contributed by atoms with van der Waals surface area (Å²) in [7, 11) is 0. The molecule has 0 bridgehead atoms. The Morgan fingerprint density at radius 1 is 1.15 bits per heavy atom. The maximum absolute atomic E-state index is 12.0. The average molecular weight is 386 g/mol. The first-order valence-corrected chi connectivity index (χ1v) is 9.81. The SMILES string of the molecule is C[C@H]1[C@H](OC(=O)CCC(=O)O)O[C@@H]2O[C@](C)(OO)CC[C@@H]3C2[C@H]1CC[C@H]3C. The number of carboxylic acids is 1. The van der Waals surface area contributed by atoms with Crippen molar-refractivity contribution >= 4 is 11.9 Å². The molecule has 2 heterocycles. The predicted molar refractivity (Wildman–Crippen MR) is 92.1 cm³/mol. The molecule has 3 fully saturated rings. The topological polar surface area (TPSA) is 112 Å². The average Bonchev–Trinajstić information content (AvgIpc) is 2.77. The van der Waals surface area contributed by atoms with Crippen LogP contribution in [0.1, 0.15) is 59.3 Å². The molecular formula is C19H30O8. The smallest absolute Gasteiger partial charge is 0.308 e. The lowest BCUT2D eigenvalue weighted by Crippen LogP contribution is -2.54. The maximum atomic E-state index is 12.0. The largest absolute Gasteiger partial charge is 0.481 e. The Kier molecular flexibility index (Phi) is 6.10. The van der Waals surface area contributed by atoms with Gasteiger partial charge in [-0.2, -0.15) is 0 Å². The van der Waals surface area contributed by atoms with Crippen molar-refractivity contribution < 1.29 is 39.1 Å². The van der Waals surface area contributed by atoms with E-state index in [9.17, 15) is 14.8 Å². The Balaban J connectivity index is 1.78. The summed E-state index contributed by atoms with van der Waals surface area (Å²) in [6, 6.07) is 0. The van der Waals surface area contributed by atoms with E-state index in [1.54, 1.807) is 6.92 Å². The first-order valence-electron chi connectivity index (χ1n) is 9.81. The number of rotatable bonds is 5. The van der Waals surface area contributed by atoms with Gasteiger partial charge in [0.25, 0.3) is 0 Å². The standard InChI is InChI=1S/C19H30O8/c1-10-4-5-13-11(2)17(24-15(22)7-6-14(20)21)25-18-16(13)12(10)8-9-19(3,26-18)27-23/h10-13,16-18,23H,4-9H2,1-3H3,(H,20,21)/t10-,11-,12+,13+,16?,17-,18-,19-/m1/s1. The molecule has 8 heteroatoms. The molecular weight excluding hydrogens is 356 g/mol. The van der Waals surface area contributed by atoms with Crippen LogP contribution >= 0.6 is 0 Å². The highest BCUT2D eigenvalue weighted by atomic mass is 17.1. The van der Waals surface area contributed by atoms with Crippen LogP contribution in [-0.2, 0) is 28.7 Å². The van der Waals surface area contributed by atoms with Crippen molar-refractivity contribution in [1.29, 1.82) is 0 Å². The summed E-state index contributed by atoms with van der Waals surface area (Å²) >= 11 is 0. The lowest BCUT2D eigenvalue weighted by atomic mass is 9.61. The van der Waals surface area contributed by atoms with Crippen LogP contribution in [0, 0.1) is 29.6 Å². The minimum Gasteiger partial charge on any atom is -0.481 e. The van der Waals surface area contributed by atoms with Gasteiger partial charge in [0.1, 0.15) is 0 Å². The van der Waals surface area contributed by atoms with Crippen LogP contribution in [0.3, 0.4) is 0 Å². The highest BCUT2D eigenvalue weighted by Crippen LogP contribution is 2.53. The lowest BCUT2D eigenvalue weighted by Gasteiger charge is -2.51. The monoisotopic (exact) mass is 386 g/mol. The molecule has 1 saturated carbocycles. The Hall–Kier alpha value is -1.22. The molecule has 3 rings (SSSR count). The first-order chi connectivity index (χ1) is 12.7. The van der Waals surface area contributed by atoms with Crippen molar-refractivity contribution in [3.8, 4) is 0 Å². The second-order valence-electron chi connectivity index (χ2n) is 8.46. The number of esters is 1. The molecule has 2 aliphatic heterocycles. The minimum atomic E-state index is -1.16. The second kappa shape index (κ2) is 8.03. The number of aliphatic carboxylic acids is 1. The third-order valence-corrected chi connectivity index (χ3v) is 6.64. The second-order valence-corrected chi connectivity index (χ2v) is 8.46. The molecule has 154 valence electrons. The van der Waals surface area contributed by atoms with E-state index in [1.807, 2.05) is 6.92 Å². The van der Waals surface area contributed by atoms with Gasteiger partial charge >= 0.3 is 11.9 Å². The molecule has 0 radical (unpaired) electrons. The summed E-state index contributed by atoms with van der Waals surface area (Å²) in [5.41, 5.74) is 0. The molecule has 2 N–H and O–H groups in total. The molecule has 2 saturated heterocycles. The van der Waals surface area contributed by atoms with Crippen molar-refractivity contribution in [2.45, 2.75) is 77.7 Å². The fraction of sp³-hybridized carbons (Fsp3) is 0.895. The zero-order valence-electron chi connectivity index (χ0n) is 16.1. The minimum absolute atomic E-state index is 0.0157. The molecule has 0 spiro atoms. The quantitative estimate of drug-likeness (QED) is 0.421. The number of hydrogen-bond donors (Lipinski definition) is 2. The van der Waals surface area contributed by atoms with Gasteiger partial charge in [-0.3, -0.25) is 9.59 Å². The van der Waals surface area contributed by atoms with Crippen molar-refractivity contribution in [3.63, 3.8) is 0 Å². The van der Waals surface area contributed by atoms with E-state index >= 15 is 0 Å². The summed E-state index contributed by atoms with van der Waals surface area (Å²) in [5, 5.41) is 18.1. The predicted octanol–water partition coefficient (Wildman–Crippen LogP) is 3.01. The van der Waals surface area contributed by atoms with Crippen molar-refractivity contribution in [3.05, 3.63) is 0 Å². The Labute approximate surface area is 159 Å². The van der Waals surface area contributed by atoms with Gasteiger partial charge in [0.2, 0.25) is 12.1 Å². The van der Waals surface area contributed by atoms with Crippen LogP contribution in [0.5, 0.6) is 0 Å². The molecule has 1 aliphatic carbocycles. The summed E-state index contributed by atoms with van der Waals surface area (Å²) < 4.78 is 17.5. The van der Waals surface area contributed by atoms with E-state index in [1.165, 1.54) is 0 Å². The van der Waals surface area contributed by atoms with Gasteiger partial charge < -0.3 is 19.3 Å². The number of carbonyl (C=O) groups excluding carboxylic acids is 1. The highest BCUT2D eigenvalue weighted by Gasteiger charge is 2.55. The van der Waals surface area contributed by atoms with Crippen molar-refractivity contribution in [2.24, 2.45) is 29.6 Å². The molecule has 8 atom stereocenters. The summed E-state index contributed by atoms with van der Waals surface area (Å²) in [4.78, 5) is 27.3. The molecule has 0 aromatic heterocycles. The van der Waals surface area contributed by atoms with Crippen LogP contribution in [0.15, 0.2) is 0 Å². The highest BCUT2D eigenvalue weighted by molar-refractivity contribution is 5.76. The lowest BCUT2D eigenvalue weighted by molar-refractivity contribution is -0.442. The van der Waals surface area contributed by atoms with Gasteiger partial charge in [-0.15, -0.1) is 0 Å². The van der Waals surface area contributed by atoms with Gasteiger partial charge in [-0.25, -0.2) is 10.1 Å².